The van der Waals surface area contributed by atoms with Crippen LogP contribution in [0, 0.1) is 6.92 Å². The van der Waals surface area contributed by atoms with Crippen LogP contribution in [0.3, 0.4) is 0 Å². The monoisotopic (exact) mass is 318 g/mol. The molecular weight excluding hydrogens is 296 g/mol. The topological polar surface area (TPSA) is 0 Å². The lowest BCUT2D eigenvalue weighted by atomic mass is 9.98. The first-order valence-electron chi connectivity index (χ1n) is 7.96. The van der Waals surface area contributed by atoms with Gasteiger partial charge in [-0.2, -0.15) is 0 Å². The predicted octanol–water partition coefficient (Wildman–Crippen LogP) is 6.69. The first kappa shape index (κ1) is 15.9. The highest BCUT2D eigenvalue weighted by molar-refractivity contribution is 8.00. The van der Waals surface area contributed by atoms with E-state index in [1.165, 1.54) is 27.1 Å². The van der Waals surface area contributed by atoms with Gasteiger partial charge in [-0.15, -0.1) is 11.8 Å². The second kappa shape index (κ2) is 6.64. The molecule has 0 aliphatic rings. The molecule has 0 aliphatic carbocycles. The summed E-state index contributed by atoms with van der Waals surface area (Å²) in [5.74, 6) is 0. The van der Waals surface area contributed by atoms with Gasteiger partial charge in [-0.3, -0.25) is 0 Å². The van der Waals surface area contributed by atoms with Crippen LogP contribution in [-0.4, -0.2) is 0 Å². The van der Waals surface area contributed by atoms with Crippen molar-refractivity contribution >= 4 is 11.8 Å². The molecule has 0 saturated heterocycles. The van der Waals surface area contributed by atoms with Gasteiger partial charge in [-0.05, 0) is 49.6 Å². The van der Waals surface area contributed by atoms with Gasteiger partial charge in [0.05, 0.1) is 0 Å². The third-order valence-electron chi connectivity index (χ3n) is 4.08. The van der Waals surface area contributed by atoms with Crippen LogP contribution in [0.1, 0.15) is 25.0 Å². The molecule has 116 valence electrons. The minimum atomic E-state index is 0.0461. The van der Waals surface area contributed by atoms with E-state index in [4.69, 9.17) is 0 Å². The fourth-order valence-electron chi connectivity index (χ4n) is 2.65. The second-order valence-electron chi connectivity index (χ2n) is 6.37. The second-order valence-corrected chi connectivity index (χ2v) is 8.06. The van der Waals surface area contributed by atoms with Crippen molar-refractivity contribution in [3.8, 4) is 11.1 Å². The minimum absolute atomic E-state index is 0.0461. The fraction of sp³-hybridized carbons (Fsp3) is 0.182. The van der Waals surface area contributed by atoms with Crippen molar-refractivity contribution in [2.45, 2.75) is 30.4 Å². The maximum atomic E-state index is 2.29. The molecule has 3 rings (SSSR count). The van der Waals surface area contributed by atoms with E-state index in [2.05, 4.69) is 99.6 Å². The quantitative estimate of drug-likeness (QED) is 0.483. The summed E-state index contributed by atoms with van der Waals surface area (Å²) < 4.78 is 0.0461. The van der Waals surface area contributed by atoms with Crippen molar-refractivity contribution in [2.75, 3.05) is 0 Å². The lowest BCUT2D eigenvalue weighted by Crippen LogP contribution is -2.11. The average molecular weight is 318 g/mol. The summed E-state index contributed by atoms with van der Waals surface area (Å²) in [5.41, 5.74) is 5.19. The Hall–Kier alpha value is -1.99. The van der Waals surface area contributed by atoms with Crippen LogP contribution in [0.2, 0.25) is 0 Å². The number of benzene rings is 3. The van der Waals surface area contributed by atoms with E-state index in [-0.39, 0.29) is 4.75 Å². The Morgan fingerprint density at radius 3 is 1.83 bits per heavy atom. The smallest absolute Gasteiger partial charge is 0.0399 e. The average Bonchev–Trinajstić information content (AvgIpc) is 2.58. The van der Waals surface area contributed by atoms with E-state index in [1.54, 1.807) is 0 Å². The molecule has 0 atom stereocenters. The fourth-order valence-corrected chi connectivity index (χ4v) is 3.77. The van der Waals surface area contributed by atoms with Crippen LogP contribution in [0.5, 0.6) is 0 Å². The Balaban J connectivity index is 1.81. The molecule has 0 N–H and O–H groups in total. The van der Waals surface area contributed by atoms with Crippen LogP contribution in [0.25, 0.3) is 11.1 Å². The van der Waals surface area contributed by atoms with Gasteiger partial charge in [-0.25, -0.2) is 0 Å². The molecule has 0 nitrogen and oxygen atoms in total. The van der Waals surface area contributed by atoms with Gasteiger partial charge in [0.1, 0.15) is 0 Å². The summed E-state index contributed by atoms with van der Waals surface area (Å²) in [6, 6.07) is 28.3. The molecule has 0 unspecified atom stereocenters. The van der Waals surface area contributed by atoms with Gasteiger partial charge in [-0.1, -0.05) is 72.3 Å². The minimum Gasteiger partial charge on any atom is -0.115 e. The highest BCUT2D eigenvalue weighted by Gasteiger charge is 2.22. The normalized spacial score (nSPS) is 11.4. The molecule has 0 fully saturated rings. The highest BCUT2D eigenvalue weighted by atomic mass is 32.2. The largest absolute Gasteiger partial charge is 0.115 e. The maximum absolute atomic E-state index is 2.29. The van der Waals surface area contributed by atoms with Gasteiger partial charge in [0.15, 0.2) is 0 Å². The summed E-state index contributed by atoms with van der Waals surface area (Å²) in [6.07, 6.45) is 0. The third-order valence-corrected chi connectivity index (χ3v) is 5.34. The van der Waals surface area contributed by atoms with Crippen LogP contribution in [-0.2, 0) is 4.75 Å². The van der Waals surface area contributed by atoms with E-state index < -0.39 is 0 Å². The summed E-state index contributed by atoms with van der Waals surface area (Å²) in [5, 5.41) is 0. The van der Waals surface area contributed by atoms with Gasteiger partial charge >= 0.3 is 0 Å². The molecule has 0 radical (unpaired) electrons. The molecule has 1 heteroatoms. The molecular formula is C22H22S. The molecule has 0 bridgehead atoms. The molecule has 3 aromatic carbocycles. The van der Waals surface area contributed by atoms with E-state index in [0.717, 1.165) is 0 Å². The van der Waals surface area contributed by atoms with E-state index in [9.17, 15) is 0 Å². The van der Waals surface area contributed by atoms with Crippen LogP contribution in [0.15, 0.2) is 83.8 Å². The van der Waals surface area contributed by atoms with Crippen molar-refractivity contribution in [3.05, 3.63) is 90.0 Å². The molecule has 0 spiro atoms. The van der Waals surface area contributed by atoms with Gasteiger partial charge < -0.3 is 0 Å². The predicted molar refractivity (Wildman–Crippen MR) is 102 cm³/mol. The molecule has 0 heterocycles. The van der Waals surface area contributed by atoms with Gasteiger partial charge in [0.2, 0.25) is 0 Å². The van der Waals surface area contributed by atoms with E-state index >= 15 is 0 Å². The Morgan fingerprint density at radius 1 is 0.652 bits per heavy atom. The standard InChI is InChI=1S/C22H22S/c1-17-9-15-21(16-10-17)23-22(2,3)20-13-11-19(12-14-20)18-7-5-4-6-8-18/h4-16H,1-3H3. The molecule has 0 aromatic heterocycles. The molecule has 0 saturated carbocycles. The Morgan fingerprint density at radius 2 is 1.22 bits per heavy atom. The van der Waals surface area contributed by atoms with Crippen LogP contribution < -0.4 is 0 Å². The summed E-state index contributed by atoms with van der Waals surface area (Å²) in [6.45, 7) is 6.70. The summed E-state index contributed by atoms with van der Waals surface area (Å²) >= 11 is 1.91. The first-order valence-corrected chi connectivity index (χ1v) is 8.78. The number of hydrogen-bond donors (Lipinski definition) is 0. The zero-order valence-electron chi connectivity index (χ0n) is 13.9. The third kappa shape index (κ3) is 3.86. The first-order chi connectivity index (χ1) is 11.0. The Kier molecular flexibility index (Phi) is 4.58. The highest BCUT2D eigenvalue weighted by Crippen LogP contribution is 2.41. The number of aryl methyl sites for hydroxylation is 1. The Bertz CT molecular complexity index is 753. The zero-order chi connectivity index (χ0) is 16.3. The van der Waals surface area contributed by atoms with Gasteiger partial charge in [0.25, 0.3) is 0 Å². The Labute approximate surface area is 143 Å². The lowest BCUT2D eigenvalue weighted by Gasteiger charge is -2.25. The number of rotatable bonds is 4. The van der Waals surface area contributed by atoms with Crippen molar-refractivity contribution < 1.29 is 0 Å². The molecule has 23 heavy (non-hydrogen) atoms. The van der Waals surface area contributed by atoms with Crippen LogP contribution >= 0.6 is 11.8 Å². The SMILES string of the molecule is Cc1ccc(SC(C)(C)c2ccc(-c3ccccc3)cc2)cc1. The van der Waals surface area contributed by atoms with Crippen molar-refractivity contribution in [1.29, 1.82) is 0 Å². The van der Waals surface area contributed by atoms with Gasteiger partial charge in [0, 0.05) is 9.64 Å². The maximum Gasteiger partial charge on any atom is 0.0399 e. The zero-order valence-corrected chi connectivity index (χ0v) is 14.7. The van der Waals surface area contributed by atoms with Crippen molar-refractivity contribution in [3.63, 3.8) is 0 Å². The molecule has 3 aromatic rings. The van der Waals surface area contributed by atoms with E-state index in [0.29, 0.717) is 0 Å². The molecule has 0 aliphatic heterocycles. The van der Waals surface area contributed by atoms with Crippen molar-refractivity contribution in [2.24, 2.45) is 0 Å². The van der Waals surface area contributed by atoms with Crippen LogP contribution in [0.4, 0.5) is 0 Å². The molecule has 0 amide bonds. The van der Waals surface area contributed by atoms with Crippen molar-refractivity contribution in [1.82, 2.24) is 0 Å². The number of hydrogen-bond acceptors (Lipinski definition) is 1. The van der Waals surface area contributed by atoms with E-state index in [1.807, 2.05) is 11.8 Å². The summed E-state index contributed by atoms with van der Waals surface area (Å²) in [7, 11) is 0. The number of thioether (sulfide) groups is 1. The lowest BCUT2D eigenvalue weighted by molar-refractivity contribution is 0.782. The summed E-state index contributed by atoms with van der Waals surface area (Å²) in [4.78, 5) is 1.31.